The zero-order valence-electron chi connectivity index (χ0n) is 12.1. The molecule has 0 saturated heterocycles. The van der Waals surface area contributed by atoms with E-state index in [1.165, 1.54) is 0 Å². The van der Waals surface area contributed by atoms with Crippen LogP contribution in [0.3, 0.4) is 0 Å². The zero-order chi connectivity index (χ0) is 16.7. The third-order valence-electron chi connectivity index (χ3n) is 3.50. The lowest BCUT2D eigenvalue weighted by Gasteiger charge is -2.08. The monoisotopic (exact) mass is 421 g/mol. The second kappa shape index (κ2) is 6.16. The number of hydrogen-bond donors (Lipinski definition) is 1. The van der Waals surface area contributed by atoms with Gasteiger partial charge in [-0.3, -0.25) is 4.40 Å². The van der Waals surface area contributed by atoms with Gasteiger partial charge in [0.05, 0.1) is 5.02 Å². The third-order valence-corrected chi connectivity index (χ3v) is 4.40. The van der Waals surface area contributed by atoms with Crippen molar-refractivity contribution < 1.29 is 4.42 Å². The number of rotatable bonds is 3. The van der Waals surface area contributed by atoms with Gasteiger partial charge in [0, 0.05) is 16.9 Å². The number of hydrogen-bond acceptors (Lipinski definition) is 3. The third kappa shape index (κ3) is 2.90. The van der Waals surface area contributed by atoms with E-state index >= 15 is 0 Å². The van der Waals surface area contributed by atoms with Gasteiger partial charge < -0.3 is 9.73 Å². The van der Waals surface area contributed by atoms with Crippen LogP contribution in [0.4, 0.5) is 11.5 Å². The van der Waals surface area contributed by atoms with E-state index in [0.29, 0.717) is 26.2 Å². The molecule has 0 saturated carbocycles. The second-order valence-electron chi connectivity index (χ2n) is 5.12. The Bertz CT molecular complexity index is 1020. The minimum Gasteiger partial charge on any atom is -0.448 e. The normalized spacial score (nSPS) is 11.1. The minimum atomic E-state index is 0.617. The number of halogens is 3. The molecule has 1 aromatic carbocycles. The lowest BCUT2D eigenvalue weighted by Crippen LogP contribution is -1.96. The van der Waals surface area contributed by atoms with Crippen LogP contribution in [0, 0.1) is 0 Å². The summed E-state index contributed by atoms with van der Waals surface area (Å²) in [6.07, 6.45) is 1.81. The summed E-state index contributed by atoms with van der Waals surface area (Å²) in [5, 5.41) is 4.66. The number of nitrogens with one attached hydrogen (secondary N) is 1. The first-order valence-corrected chi connectivity index (χ1v) is 8.61. The molecule has 0 spiro atoms. The molecule has 4 aromatic rings. The number of fused-ring (bicyclic) bond motifs is 1. The summed E-state index contributed by atoms with van der Waals surface area (Å²) in [5.41, 5.74) is 2.34. The molecule has 7 heteroatoms. The zero-order valence-corrected chi connectivity index (χ0v) is 15.2. The SMILES string of the molecule is Clc1ccc(Nc2c(-c3ccc(Br)o3)nc3ccc(Cl)cn23)cc1. The number of pyridine rings is 1. The molecule has 3 aromatic heterocycles. The van der Waals surface area contributed by atoms with E-state index in [1.54, 1.807) is 6.07 Å². The number of imidazole rings is 1. The van der Waals surface area contributed by atoms with Gasteiger partial charge in [-0.1, -0.05) is 23.2 Å². The number of benzene rings is 1. The Balaban J connectivity index is 1.89. The first-order valence-electron chi connectivity index (χ1n) is 7.06. The van der Waals surface area contributed by atoms with E-state index < -0.39 is 0 Å². The molecule has 0 aliphatic carbocycles. The maximum Gasteiger partial charge on any atom is 0.169 e. The van der Waals surface area contributed by atoms with Crippen LogP contribution in [-0.4, -0.2) is 9.38 Å². The lowest BCUT2D eigenvalue weighted by molar-refractivity contribution is 0.554. The molecule has 0 aliphatic heterocycles. The molecule has 1 N–H and O–H groups in total. The van der Waals surface area contributed by atoms with Crippen molar-refractivity contribution in [2.75, 3.05) is 5.32 Å². The molecular formula is C17H10BrCl2N3O. The van der Waals surface area contributed by atoms with Crippen molar-refractivity contribution >= 4 is 56.3 Å². The van der Waals surface area contributed by atoms with Crippen LogP contribution in [0.2, 0.25) is 10.0 Å². The molecule has 0 unspecified atom stereocenters. The van der Waals surface area contributed by atoms with Crippen molar-refractivity contribution in [2.24, 2.45) is 0 Å². The maximum absolute atomic E-state index is 6.15. The summed E-state index contributed by atoms with van der Waals surface area (Å²) in [7, 11) is 0. The van der Waals surface area contributed by atoms with Gasteiger partial charge in [-0.05, 0) is 64.5 Å². The van der Waals surface area contributed by atoms with Gasteiger partial charge in [0.15, 0.2) is 10.4 Å². The van der Waals surface area contributed by atoms with Gasteiger partial charge in [-0.2, -0.15) is 0 Å². The standard InChI is InChI=1S/C17H10BrCl2N3O/c18-14-7-6-13(24-14)16-17(21-12-4-1-10(19)2-5-12)23-9-11(20)3-8-15(23)22-16/h1-9,21H. The van der Waals surface area contributed by atoms with Gasteiger partial charge in [0.1, 0.15) is 17.2 Å². The molecule has 3 heterocycles. The van der Waals surface area contributed by atoms with Crippen molar-refractivity contribution in [1.29, 1.82) is 0 Å². The highest BCUT2D eigenvalue weighted by Crippen LogP contribution is 2.34. The van der Waals surface area contributed by atoms with Crippen LogP contribution in [0.15, 0.2) is 63.8 Å². The van der Waals surface area contributed by atoms with E-state index in [4.69, 9.17) is 27.6 Å². The largest absolute Gasteiger partial charge is 0.448 e. The van der Waals surface area contributed by atoms with Crippen molar-refractivity contribution in [3.8, 4) is 11.5 Å². The quantitative estimate of drug-likeness (QED) is 0.414. The molecule has 0 amide bonds. The molecule has 0 fully saturated rings. The Morgan fingerprint density at radius 2 is 1.71 bits per heavy atom. The van der Waals surface area contributed by atoms with Gasteiger partial charge >= 0.3 is 0 Å². The highest BCUT2D eigenvalue weighted by molar-refractivity contribution is 9.10. The van der Waals surface area contributed by atoms with Crippen LogP contribution in [-0.2, 0) is 0 Å². The first-order chi connectivity index (χ1) is 11.6. The van der Waals surface area contributed by atoms with Crippen molar-refractivity contribution in [1.82, 2.24) is 9.38 Å². The fourth-order valence-corrected chi connectivity index (χ4v) is 3.01. The number of anilines is 2. The Kier molecular flexibility index (Phi) is 4.00. The van der Waals surface area contributed by atoms with Crippen molar-refractivity contribution in [3.05, 3.63) is 69.4 Å². The van der Waals surface area contributed by atoms with Crippen molar-refractivity contribution in [3.63, 3.8) is 0 Å². The number of nitrogens with zero attached hydrogens (tertiary/aromatic N) is 2. The van der Waals surface area contributed by atoms with Crippen LogP contribution < -0.4 is 5.32 Å². The molecule has 0 bridgehead atoms. The van der Waals surface area contributed by atoms with Crippen LogP contribution in [0.5, 0.6) is 0 Å². The topological polar surface area (TPSA) is 42.5 Å². The van der Waals surface area contributed by atoms with Crippen molar-refractivity contribution in [2.45, 2.75) is 0 Å². The minimum absolute atomic E-state index is 0.617. The number of aromatic nitrogens is 2. The van der Waals surface area contributed by atoms with Crippen LogP contribution in [0.1, 0.15) is 0 Å². The fourth-order valence-electron chi connectivity index (χ4n) is 2.42. The highest BCUT2D eigenvalue weighted by Gasteiger charge is 2.17. The molecule has 0 aliphatic rings. The molecule has 0 atom stereocenters. The predicted octanol–water partition coefficient (Wildman–Crippen LogP) is 6.41. The van der Waals surface area contributed by atoms with Gasteiger partial charge in [0.25, 0.3) is 0 Å². The molecule has 120 valence electrons. The van der Waals surface area contributed by atoms with Gasteiger partial charge in [-0.25, -0.2) is 4.98 Å². The summed E-state index contributed by atoms with van der Waals surface area (Å²) in [4.78, 5) is 4.65. The highest BCUT2D eigenvalue weighted by atomic mass is 79.9. The van der Waals surface area contributed by atoms with E-state index in [-0.39, 0.29) is 0 Å². The summed E-state index contributed by atoms with van der Waals surface area (Å²) in [5.74, 6) is 1.41. The summed E-state index contributed by atoms with van der Waals surface area (Å²) >= 11 is 15.4. The molecular weight excluding hydrogens is 413 g/mol. The van der Waals surface area contributed by atoms with Gasteiger partial charge in [-0.15, -0.1) is 0 Å². The summed E-state index contributed by atoms with van der Waals surface area (Å²) in [6.45, 7) is 0. The van der Waals surface area contributed by atoms with Gasteiger partial charge in [0.2, 0.25) is 0 Å². The molecule has 4 rings (SSSR count). The summed E-state index contributed by atoms with van der Waals surface area (Å²) in [6, 6.07) is 14.8. The second-order valence-corrected chi connectivity index (χ2v) is 6.77. The number of furan rings is 1. The van der Waals surface area contributed by atoms with Crippen LogP contribution in [0.25, 0.3) is 17.1 Å². The average Bonchev–Trinajstić information content (AvgIpc) is 3.14. The van der Waals surface area contributed by atoms with E-state index in [0.717, 1.165) is 17.2 Å². The summed E-state index contributed by atoms with van der Waals surface area (Å²) < 4.78 is 8.21. The van der Waals surface area contributed by atoms with E-state index in [1.807, 2.05) is 53.1 Å². The Labute approximate surface area is 156 Å². The molecule has 24 heavy (non-hydrogen) atoms. The molecule has 0 radical (unpaired) electrons. The van der Waals surface area contributed by atoms with E-state index in [2.05, 4.69) is 26.2 Å². The molecule has 4 nitrogen and oxygen atoms in total. The maximum atomic E-state index is 6.15. The average molecular weight is 423 g/mol. The smallest absolute Gasteiger partial charge is 0.169 e. The Hall–Kier alpha value is -1.95. The van der Waals surface area contributed by atoms with Crippen LogP contribution >= 0.6 is 39.1 Å². The first kappa shape index (κ1) is 15.6. The Morgan fingerprint density at radius 1 is 0.958 bits per heavy atom. The fraction of sp³-hybridized carbons (Fsp3) is 0. The van der Waals surface area contributed by atoms with E-state index in [9.17, 15) is 0 Å². The Morgan fingerprint density at radius 3 is 2.42 bits per heavy atom. The predicted molar refractivity (Wildman–Crippen MR) is 100 cm³/mol. The lowest BCUT2D eigenvalue weighted by atomic mass is 10.3.